The molecule has 0 saturated carbocycles. The van der Waals surface area contributed by atoms with Gasteiger partial charge in [0.05, 0.1) is 6.61 Å². The van der Waals surface area contributed by atoms with Crippen LogP contribution in [0.3, 0.4) is 0 Å². The molecule has 0 atom stereocenters. The molecule has 1 aromatic carbocycles. The number of unbranched alkanes of at least 4 members (excludes halogenated alkanes) is 3. The first kappa shape index (κ1) is 18.9. The van der Waals surface area contributed by atoms with E-state index in [0.29, 0.717) is 18.6 Å². The lowest BCUT2D eigenvalue weighted by atomic mass is 10.0. The second kappa shape index (κ2) is 10.6. The lowest BCUT2D eigenvalue weighted by Crippen LogP contribution is -2.16. The summed E-state index contributed by atoms with van der Waals surface area (Å²) in [7, 11) is 0. The van der Waals surface area contributed by atoms with E-state index < -0.39 is 5.97 Å². The topological polar surface area (TPSA) is 63.6 Å². The number of phenols is 1. The first-order valence-corrected chi connectivity index (χ1v) is 8.29. The van der Waals surface area contributed by atoms with E-state index in [-0.39, 0.29) is 17.1 Å². The summed E-state index contributed by atoms with van der Waals surface area (Å²) in [5.74, 6) is -0.607. The van der Waals surface area contributed by atoms with Crippen molar-refractivity contribution in [1.82, 2.24) is 0 Å². The SMILES string of the molecule is CCCCCC(=O)C(=Cc1ccc(O)cc1)C(=O)OCCCC. The number of carbonyl (C=O) groups excluding carboxylic acids is 2. The molecule has 0 spiro atoms. The monoisotopic (exact) mass is 318 g/mol. The van der Waals surface area contributed by atoms with Gasteiger partial charge in [0.15, 0.2) is 5.78 Å². The predicted octanol–water partition coefficient (Wildman–Crippen LogP) is 4.27. The number of benzene rings is 1. The Bertz CT molecular complexity index is 505. The Hall–Kier alpha value is -2.10. The summed E-state index contributed by atoms with van der Waals surface area (Å²) in [6, 6.07) is 6.36. The fourth-order valence-corrected chi connectivity index (χ4v) is 2.05. The van der Waals surface area contributed by atoms with Crippen LogP contribution in [0.25, 0.3) is 6.08 Å². The number of carbonyl (C=O) groups is 2. The minimum absolute atomic E-state index is 0.0860. The molecule has 1 N–H and O–H groups in total. The molecule has 4 nitrogen and oxygen atoms in total. The Kier molecular flexibility index (Phi) is 8.73. The lowest BCUT2D eigenvalue weighted by Gasteiger charge is -2.08. The van der Waals surface area contributed by atoms with Crippen molar-refractivity contribution < 1.29 is 19.4 Å². The third-order valence-electron chi connectivity index (χ3n) is 3.46. The molecule has 0 saturated heterocycles. The first-order chi connectivity index (χ1) is 11.1. The summed E-state index contributed by atoms with van der Waals surface area (Å²) in [6.45, 7) is 4.40. The van der Waals surface area contributed by atoms with Crippen LogP contribution in [0, 0.1) is 0 Å². The normalized spacial score (nSPS) is 11.3. The maximum atomic E-state index is 12.3. The number of Topliss-reactive ketones (excluding diaryl/α,β-unsaturated/α-hetero) is 1. The van der Waals surface area contributed by atoms with Crippen molar-refractivity contribution in [1.29, 1.82) is 0 Å². The van der Waals surface area contributed by atoms with E-state index in [2.05, 4.69) is 6.92 Å². The van der Waals surface area contributed by atoms with E-state index in [4.69, 9.17) is 4.74 Å². The third kappa shape index (κ3) is 7.13. The van der Waals surface area contributed by atoms with E-state index in [9.17, 15) is 14.7 Å². The largest absolute Gasteiger partial charge is 0.508 e. The molecule has 0 radical (unpaired) electrons. The van der Waals surface area contributed by atoms with Gasteiger partial charge in [-0.25, -0.2) is 4.79 Å². The summed E-state index contributed by atoms with van der Waals surface area (Å²) in [4.78, 5) is 24.5. The van der Waals surface area contributed by atoms with Gasteiger partial charge in [0.1, 0.15) is 11.3 Å². The van der Waals surface area contributed by atoms with Crippen LogP contribution in [0.5, 0.6) is 5.75 Å². The van der Waals surface area contributed by atoms with Crippen molar-refractivity contribution in [2.75, 3.05) is 6.61 Å². The smallest absolute Gasteiger partial charge is 0.341 e. The average Bonchev–Trinajstić information content (AvgIpc) is 2.54. The van der Waals surface area contributed by atoms with Crippen molar-refractivity contribution in [3.8, 4) is 5.75 Å². The minimum atomic E-state index is -0.562. The van der Waals surface area contributed by atoms with E-state index >= 15 is 0 Å². The number of hydrogen-bond donors (Lipinski definition) is 1. The highest BCUT2D eigenvalue weighted by Gasteiger charge is 2.19. The lowest BCUT2D eigenvalue weighted by molar-refractivity contribution is -0.140. The van der Waals surface area contributed by atoms with Crippen LogP contribution >= 0.6 is 0 Å². The Labute approximate surface area is 138 Å². The molecule has 0 aliphatic heterocycles. The van der Waals surface area contributed by atoms with Gasteiger partial charge < -0.3 is 9.84 Å². The quantitative estimate of drug-likeness (QED) is 0.230. The van der Waals surface area contributed by atoms with Gasteiger partial charge in [-0.1, -0.05) is 45.2 Å². The summed E-state index contributed by atoms with van der Waals surface area (Å²) < 4.78 is 5.19. The molecular weight excluding hydrogens is 292 g/mol. The molecular formula is C19H26O4. The molecule has 1 aromatic rings. The van der Waals surface area contributed by atoms with Gasteiger partial charge in [-0.3, -0.25) is 4.79 Å². The molecule has 4 heteroatoms. The Morgan fingerprint density at radius 3 is 2.30 bits per heavy atom. The van der Waals surface area contributed by atoms with Crippen LogP contribution in [0.4, 0.5) is 0 Å². The van der Waals surface area contributed by atoms with Crippen LogP contribution < -0.4 is 0 Å². The van der Waals surface area contributed by atoms with Gasteiger partial charge >= 0.3 is 5.97 Å². The highest BCUT2D eigenvalue weighted by molar-refractivity contribution is 6.20. The van der Waals surface area contributed by atoms with Crippen molar-refractivity contribution in [2.45, 2.75) is 52.4 Å². The van der Waals surface area contributed by atoms with Crippen molar-refractivity contribution in [2.24, 2.45) is 0 Å². The molecule has 0 aliphatic carbocycles. The highest BCUT2D eigenvalue weighted by Crippen LogP contribution is 2.16. The Balaban J connectivity index is 2.88. The van der Waals surface area contributed by atoms with Gasteiger partial charge in [-0.15, -0.1) is 0 Å². The number of hydrogen-bond acceptors (Lipinski definition) is 4. The van der Waals surface area contributed by atoms with Crippen LogP contribution in [-0.4, -0.2) is 23.5 Å². The fraction of sp³-hybridized carbons (Fsp3) is 0.474. The molecule has 0 aromatic heterocycles. The number of esters is 1. The van der Waals surface area contributed by atoms with Gasteiger partial charge in [-0.2, -0.15) is 0 Å². The number of phenolic OH excluding ortho intramolecular Hbond substituents is 1. The number of aromatic hydroxyl groups is 1. The van der Waals surface area contributed by atoms with Crippen LogP contribution in [0.15, 0.2) is 29.8 Å². The zero-order valence-corrected chi connectivity index (χ0v) is 14.0. The Morgan fingerprint density at radius 1 is 1.04 bits per heavy atom. The van der Waals surface area contributed by atoms with E-state index in [1.165, 1.54) is 12.1 Å². The molecule has 0 amide bonds. The zero-order chi connectivity index (χ0) is 17.1. The van der Waals surface area contributed by atoms with E-state index in [1.807, 2.05) is 6.92 Å². The van der Waals surface area contributed by atoms with Crippen molar-refractivity contribution in [3.05, 3.63) is 35.4 Å². The molecule has 0 unspecified atom stereocenters. The standard InChI is InChI=1S/C19H26O4/c1-3-5-7-8-18(21)17(19(22)23-13-6-4-2)14-15-9-11-16(20)12-10-15/h9-12,14,20H,3-8,13H2,1-2H3. The second-order valence-corrected chi connectivity index (χ2v) is 5.52. The number of rotatable bonds is 10. The van der Waals surface area contributed by atoms with Gasteiger partial charge in [0, 0.05) is 6.42 Å². The molecule has 0 fully saturated rings. The first-order valence-electron chi connectivity index (χ1n) is 8.29. The van der Waals surface area contributed by atoms with E-state index in [0.717, 1.165) is 32.1 Å². The summed E-state index contributed by atoms with van der Waals surface area (Å²) in [5.41, 5.74) is 0.775. The molecule has 1 rings (SSSR count). The highest BCUT2D eigenvalue weighted by atomic mass is 16.5. The number of ketones is 1. The maximum absolute atomic E-state index is 12.3. The van der Waals surface area contributed by atoms with Gasteiger partial charge in [0.2, 0.25) is 0 Å². The van der Waals surface area contributed by atoms with E-state index in [1.54, 1.807) is 18.2 Å². The van der Waals surface area contributed by atoms with Gasteiger partial charge in [0.25, 0.3) is 0 Å². The van der Waals surface area contributed by atoms with Crippen molar-refractivity contribution in [3.63, 3.8) is 0 Å². The minimum Gasteiger partial charge on any atom is -0.508 e. The Morgan fingerprint density at radius 2 is 1.70 bits per heavy atom. The van der Waals surface area contributed by atoms with Gasteiger partial charge in [-0.05, 0) is 36.6 Å². The molecule has 0 heterocycles. The van der Waals surface area contributed by atoms with Crippen molar-refractivity contribution >= 4 is 17.8 Å². The van der Waals surface area contributed by atoms with Crippen LogP contribution in [-0.2, 0) is 14.3 Å². The van der Waals surface area contributed by atoms with Crippen LogP contribution in [0.2, 0.25) is 0 Å². The predicted molar refractivity (Wildman–Crippen MR) is 91.1 cm³/mol. The molecule has 0 bridgehead atoms. The summed E-state index contributed by atoms with van der Waals surface area (Å²) in [5, 5.41) is 9.32. The zero-order valence-electron chi connectivity index (χ0n) is 14.0. The number of ether oxygens (including phenoxy) is 1. The maximum Gasteiger partial charge on any atom is 0.341 e. The fourth-order valence-electron chi connectivity index (χ4n) is 2.05. The average molecular weight is 318 g/mol. The third-order valence-corrected chi connectivity index (χ3v) is 3.46. The molecule has 23 heavy (non-hydrogen) atoms. The second-order valence-electron chi connectivity index (χ2n) is 5.52. The summed E-state index contributed by atoms with van der Waals surface area (Å²) >= 11 is 0. The molecule has 0 aliphatic rings. The molecule has 126 valence electrons. The van der Waals surface area contributed by atoms with Crippen LogP contribution in [0.1, 0.15) is 57.9 Å². The summed E-state index contributed by atoms with van der Waals surface area (Å²) in [6.07, 6.45) is 6.35.